The zero-order valence-electron chi connectivity index (χ0n) is 17.2. The average molecular weight is 409 g/mol. The van der Waals surface area contributed by atoms with Gasteiger partial charge in [-0.15, -0.1) is 0 Å². The molecule has 0 aliphatic carbocycles. The fourth-order valence-corrected chi connectivity index (χ4v) is 3.39. The van der Waals surface area contributed by atoms with Crippen molar-refractivity contribution in [3.05, 3.63) is 53.6 Å². The topological polar surface area (TPSA) is 122 Å². The Morgan fingerprint density at radius 3 is 2.53 bits per heavy atom. The van der Waals surface area contributed by atoms with Crippen molar-refractivity contribution in [1.29, 1.82) is 5.41 Å². The van der Waals surface area contributed by atoms with Gasteiger partial charge in [0.1, 0.15) is 6.04 Å². The normalized spacial score (nSPS) is 15.3. The number of benzene rings is 2. The summed E-state index contributed by atoms with van der Waals surface area (Å²) in [6, 6.07) is 12.9. The summed E-state index contributed by atoms with van der Waals surface area (Å²) in [5.41, 5.74) is 8.38. The lowest BCUT2D eigenvalue weighted by Crippen LogP contribution is -2.31. The number of unbranched alkanes of at least 4 members (excludes halogenated alkanes) is 1. The van der Waals surface area contributed by atoms with Gasteiger partial charge < -0.3 is 25.8 Å². The second kappa shape index (κ2) is 9.78. The van der Waals surface area contributed by atoms with Gasteiger partial charge in [-0.25, -0.2) is 0 Å². The lowest BCUT2D eigenvalue weighted by Gasteiger charge is -2.15. The number of methoxy groups -OCH3 is 2. The molecule has 0 saturated heterocycles. The van der Waals surface area contributed by atoms with Gasteiger partial charge in [0, 0.05) is 23.7 Å². The Morgan fingerprint density at radius 2 is 1.87 bits per heavy atom. The minimum atomic E-state index is -0.526. The number of guanidine groups is 1. The fourth-order valence-electron chi connectivity index (χ4n) is 3.39. The maximum atomic E-state index is 12.9. The van der Waals surface area contributed by atoms with Crippen molar-refractivity contribution < 1.29 is 14.3 Å². The number of amides is 1. The molecule has 1 amide bonds. The summed E-state index contributed by atoms with van der Waals surface area (Å²) in [5.74, 6) is 0.902. The number of aliphatic imine (C=N–C) groups is 1. The van der Waals surface area contributed by atoms with Crippen LogP contribution in [0, 0.1) is 5.41 Å². The molecule has 2 aromatic carbocycles. The number of carbonyl (C=O) groups is 1. The Morgan fingerprint density at radius 1 is 1.17 bits per heavy atom. The first-order valence-corrected chi connectivity index (χ1v) is 9.82. The number of nitrogens with two attached hydrogens (primary N) is 1. The largest absolute Gasteiger partial charge is 0.493 e. The van der Waals surface area contributed by atoms with Crippen molar-refractivity contribution in [2.24, 2.45) is 10.7 Å². The van der Waals surface area contributed by atoms with E-state index in [9.17, 15) is 4.79 Å². The lowest BCUT2D eigenvalue weighted by molar-refractivity contribution is -0.117. The van der Waals surface area contributed by atoms with Crippen LogP contribution < -0.4 is 25.8 Å². The van der Waals surface area contributed by atoms with Crippen molar-refractivity contribution in [1.82, 2.24) is 5.32 Å². The summed E-state index contributed by atoms with van der Waals surface area (Å²) in [4.78, 5) is 17.8. The molecule has 1 aliphatic rings. The maximum Gasteiger partial charge on any atom is 0.249 e. The van der Waals surface area contributed by atoms with Crippen LogP contribution in [-0.4, -0.2) is 44.4 Å². The van der Waals surface area contributed by atoms with E-state index < -0.39 is 6.04 Å². The van der Waals surface area contributed by atoms with Crippen LogP contribution in [0.1, 0.15) is 30.4 Å². The van der Waals surface area contributed by atoms with Gasteiger partial charge in [-0.2, -0.15) is 0 Å². The molecule has 1 atom stereocenters. The highest BCUT2D eigenvalue weighted by molar-refractivity contribution is 6.20. The molecule has 30 heavy (non-hydrogen) atoms. The van der Waals surface area contributed by atoms with E-state index in [1.807, 2.05) is 36.4 Å². The predicted octanol–water partition coefficient (Wildman–Crippen LogP) is 2.52. The van der Waals surface area contributed by atoms with E-state index >= 15 is 0 Å². The Hall–Kier alpha value is -3.55. The molecule has 0 aromatic heterocycles. The summed E-state index contributed by atoms with van der Waals surface area (Å²) in [6.07, 6.45) is 2.14. The smallest absolute Gasteiger partial charge is 0.249 e. The molecule has 0 saturated carbocycles. The number of nitrogens with zero attached hydrogens (tertiary/aromatic N) is 1. The van der Waals surface area contributed by atoms with Crippen molar-refractivity contribution >= 4 is 23.3 Å². The Labute approximate surface area is 176 Å². The number of anilines is 1. The predicted molar refractivity (Wildman–Crippen MR) is 118 cm³/mol. The number of nitrogens with one attached hydrogen (secondary N) is 3. The summed E-state index contributed by atoms with van der Waals surface area (Å²) in [6.45, 7) is 0.591. The zero-order valence-corrected chi connectivity index (χ0v) is 17.2. The van der Waals surface area contributed by atoms with Gasteiger partial charge in [0.25, 0.3) is 0 Å². The van der Waals surface area contributed by atoms with Gasteiger partial charge >= 0.3 is 0 Å². The van der Waals surface area contributed by atoms with Crippen molar-refractivity contribution in [3.63, 3.8) is 0 Å². The minimum Gasteiger partial charge on any atom is -0.493 e. The molecule has 0 spiro atoms. The van der Waals surface area contributed by atoms with Gasteiger partial charge in [0.05, 0.1) is 25.6 Å². The molecule has 3 rings (SSSR count). The number of ether oxygens (including phenoxy) is 2. The quantitative estimate of drug-likeness (QED) is 0.303. The molecule has 0 fully saturated rings. The van der Waals surface area contributed by atoms with Gasteiger partial charge in [-0.1, -0.05) is 30.3 Å². The van der Waals surface area contributed by atoms with E-state index in [1.165, 1.54) is 0 Å². The molecule has 0 bridgehead atoms. The van der Waals surface area contributed by atoms with Crippen LogP contribution in [0.4, 0.5) is 5.69 Å². The van der Waals surface area contributed by atoms with E-state index in [-0.39, 0.29) is 11.9 Å². The highest BCUT2D eigenvalue weighted by atomic mass is 16.5. The molecular weight excluding hydrogens is 382 g/mol. The number of fused-ring (bicyclic) bond motifs is 1. The van der Waals surface area contributed by atoms with Crippen LogP contribution in [0.5, 0.6) is 11.5 Å². The van der Waals surface area contributed by atoms with Crippen molar-refractivity contribution in [2.75, 3.05) is 26.1 Å². The second-order valence-corrected chi connectivity index (χ2v) is 6.94. The molecule has 1 unspecified atom stereocenters. The number of hydrogen-bond acceptors (Lipinski definition) is 5. The molecule has 8 heteroatoms. The molecule has 0 radical (unpaired) electrons. The van der Waals surface area contributed by atoms with Crippen LogP contribution in [0.2, 0.25) is 0 Å². The number of carbonyl (C=O) groups excluding carboxylic acids is 1. The molecule has 1 aliphatic heterocycles. The van der Waals surface area contributed by atoms with Gasteiger partial charge in [0.15, 0.2) is 17.5 Å². The van der Waals surface area contributed by atoms with Gasteiger partial charge in [0.2, 0.25) is 5.91 Å². The lowest BCUT2D eigenvalue weighted by atomic mass is 9.99. The summed E-state index contributed by atoms with van der Waals surface area (Å²) in [7, 11) is 3.14. The highest BCUT2D eigenvalue weighted by Crippen LogP contribution is 2.36. The molecular formula is C22H27N5O3. The summed E-state index contributed by atoms with van der Waals surface area (Å²) in [5, 5.41) is 13.0. The third-order valence-electron chi connectivity index (χ3n) is 4.89. The van der Waals surface area contributed by atoms with E-state index in [1.54, 1.807) is 20.3 Å². The molecule has 2 aromatic rings. The monoisotopic (exact) mass is 409 g/mol. The Bertz CT molecular complexity index is 943. The van der Waals surface area contributed by atoms with Gasteiger partial charge in [-0.3, -0.25) is 15.2 Å². The second-order valence-electron chi connectivity index (χ2n) is 6.94. The number of hydrogen-bond donors (Lipinski definition) is 4. The Kier molecular flexibility index (Phi) is 6.90. The van der Waals surface area contributed by atoms with Crippen molar-refractivity contribution in [3.8, 4) is 11.5 Å². The fraction of sp³-hybridized carbons (Fsp3) is 0.318. The first kappa shape index (κ1) is 21.2. The van der Waals surface area contributed by atoms with Crippen LogP contribution >= 0.6 is 0 Å². The number of benzodiazepines with no additional fused rings is 1. The van der Waals surface area contributed by atoms with Crippen LogP contribution in [0.15, 0.2) is 47.5 Å². The summed E-state index contributed by atoms with van der Waals surface area (Å²) >= 11 is 0. The van der Waals surface area contributed by atoms with Crippen molar-refractivity contribution in [2.45, 2.75) is 25.3 Å². The van der Waals surface area contributed by atoms with Crippen LogP contribution in [0.25, 0.3) is 0 Å². The third-order valence-corrected chi connectivity index (χ3v) is 4.89. The van der Waals surface area contributed by atoms with Crippen LogP contribution in [0.3, 0.4) is 0 Å². The standard InChI is InChI=1S/C22H27N5O3/c1-29-18-12-15-17(13-19(18)30-2)27-21(28)16(10-6-7-11-25-22(23)24)26-20(15)14-8-4-3-5-9-14/h3-5,8-9,12-13,16H,6-7,10-11H2,1-2H3,(H,27,28)(H4,23,24,25). The van der Waals surface area contributed by atoms with E-state index in [2.05, 4.69) is 10.6 Å². The molecule has 5 N–H and O–H groups in total. The first-order valence-electron chi connectivity index (χ1n) is 9.82. The van der Waals surface area contributed by atoms with E-state index in [4.69, 9.17) is 25.6 Å². The SMILES string of the molecule is COc1cc2c(cc1OC)C(c1ccccc1)=NC(CCCCNC(=N)N)C(=O)N2. The average Bonchev–Trinajstić information content (AvgIpc) is 2.88. The molecule has 8 nitrogen and oxygen atoms in total. The number of rotatable bonds is 8. The third kappa shape index (κ3) is 4.89. The molecule has 1 heterocycles. The van der Waals surface area contributed by atoms with E-state index in [0.717, 1.165) is 29.7 Å². The maximum absolute atomic E-state index is 12.9. The Balaban J connectivity index is 1.95. The highest BCUT2D eigenvalue weighted by Gasteiger charge is 2.27. The summed E-state index contributed by atoms with van der Waals surface area (Å²) < 4.78 is 10.9. The minimum absolute atomic E-state index is 0.0510. The van der Waals surface area contributed by atoms with E-state index in [0.29, 0.717) is 30.2 Å². The first-order chi connectivity index (χ1) is 14.5. The van der Waals surface area contributed by atoms with Crippen LogP contribution in [-0.2, 0) is 4.79 Å². The van der Waals surface area contributed by atoms with Gasteiger partial charge in [-0.05, 0) is 25.3 Å². The molecule has 158 valence electrons. The zero-order chi connectivity index (χ0) is 21.5.